The van der Waals surface area contributed by atoms with Gasteiger partial charge in [0.25, 0.3) is 10.0 Å². The summed E-state index contributed by atoms with van der Waals surface area (Å²) in [5.41, 5.74) is 2.69. The fourth-order valence-corrected chi connectivity index (χ4v) is 4.98. The minimum atomic E-state index is -3.95. The molecule has 5 nitrogen and oxygen atoms in total. The standard InChI is InChI=1S/C21H17FN2O3S/c1-14-5-4-6-16(11-14)23-21(25)13-24-19-10-9-15(22)12-18(19)17-7-2-3-8-20(17)28(24,26)27/h2-12H,13H2,1H3,(H,23,25). The third-order valence-electron chi connectivity index (χ3n) is 4.56. The Bertz CT molecular complexity index is 1190. The number of anilines is 2. The highest BCUT2D eigenvalue weighted by molar-refractivity contribution is 7.93. The van der Waals surface area contributed by atoms with Crippen LogP contribution in [-0.4, -0.2) is 20.9 Å². The van der Waals surface area contributed by atoms with E-state index in [2.05, 4.69) is 5.32 Å². The van der Waals surface area contributed by atoms with E-state index in [-0.39, 0.29) is 10.6 Å². The molecule has 1 aliphatic rings. The van der Waals surface area contributed by atoms with E-state index in [0.717, 1.165) is 9.87 Å². The van der Waals surface area contributed by atoms with Gasteiger partial charge in [-0.15, -0.1) is 0 Å². The molecule has 0 radical (unpaired) electrons. The number of halogens is 1. The van der Waals surface area contributed by atoms with Crippen LogP contribution in [0.25, 0.3) is 11.1 Å². The van der Waals surface area contributed by atoms with Crippen molar-refractivity contribution in [1.82, 2.24) is 0 Å². The summed E-state index contributed by atoms with van der Waals surface area (Å²) < 4.78 is 41.2. The van der Waals surface area contributed by atoms with E-state index in [0.29, 0.717) is 16.8 Å². The quantitative estimate of drug-likeness (QED) is 0.729. The van der Waals surface area contributed by atoms with Crippen molar-refractivity contribution in [3.63, 3.8) is 0 Å². The van der Waals surface area contributed by atoms with Crippen molar-refractivity contribution in [3.8, 4) is 11.1 Å². The Hall–Kier alpha value is -3.19. The van der Waals surface area contributed by atoms with Gasteiger partial charge in [0.05, 0.1) is 10.6 Å². The third kappa shape index (κ3) is 3.14. The van der Waals surface area contributed by atoms with Crippen LogP contribution in [0.15, 0.2) is 71.6 Å². The Balaban J connectivity index is 1.74. The first kappa shape index (κ1) is 18.2. The lowest BCUT2D eigenvalue weighted by molar-refractivity contribution is -0.114. The molecule has 3 aromatic carbocycles. The van der Waals surface area contributed by atoms with Crippen LogP contribution in [0.5, 0.6) is 0 Å². The number of carbonyl (C=O) groups excluding carboxylic acids is 1. The first-order valence-electron chi connectivity index (χ1n) is 8.64. The Morgan fingerprint density at radius 2 is 1.79 bits per heavy atom. The van der Waals surface area contributed by atoms with Crippen LogP contribution in [0.2, 0.25) is 0 Å². The zero-order chi connectivity index (χ0) is 19.9. The Morgan fingerprint density at radius 3 is 2.57 bits per heavy atom. The molecule has 0 atom stereocenters. The highest BCUT2D eigenvalue weighted by Crippen LogP contribution is 2.43. The molecule has 7 heteroatoms. The lowest BCUT2D eigenvalue weighted by Crippen LogP contribution is -2.40. The van der Waals surface area contributed by atoms with Crippen molar-refractivity contribution < 1.29 is 17.6 Å². The number of sulfonamides is 1. The highest BCUT2D eigenvalue weighted by Gasteiger charge is 2.36. The van der Waals surface area contributed by atoms with Crippen molar-refractivity contribution >= 4 is 27.3 Å². The number of amides is 1. The molecule has 3 aromatic rings. The minimum absolute atomic E-state index is 0.0523. The molecule has 28 heavy (non-hydrogen) atoms. The number of nitrogens with zero attached hydrogens (tertiary/aromatic N) is 1. The van der Waals surface area contributed by atoms with Gasteiger partial charge in [0.2, 0.25) is 5.91 Å². The zero-order valence-electron chi connectivity index (χ0n) is 15.0. The van der Waals surface area contributed by atoms with Crippen LogP contribution < -0.4 is 9.62 Å². The SMILES string of the molecule is Cc1cccc(NC(=O)CN2c3ccc(F)cc3-c3ccccc3S2(=O)=O)c1. The molecular formula is C21H17FN2O3S. The van der Waals surface area contributed by atoms with Gasteiger partial charge in [-0.25, -0.2) is 12.8 Å². The van der Waals surface area contributed by atoms with Crippen LogP contribution in [0.3, 0.4) is 0 Å². The molecule has 0 saturated heterocycles. The molecule has 142 valence electrons. The largest absolute Gasteiger partial charge is 0.325 e. The Morgan fingerprint density at radius 1 is 1.00 bits per heavy atom. The van der Waals surface area contributed by atoms with Crippen molar-refractivity contribution in [1.29, 1.82) is 0 Å². The van der Waals surface area contributed by atoms with Gasteiger partial charge in [0, 0.05) is 16.8 Å². The summed E-state index contributed by atoms with van der Waals surface area (Å²) in [7, 11) is -3.95. The second-order valence-electron chi connectivity index (χ2n) is 6.59. The predicted octanol–water partition coefficient (Wildman–Crippen LogP) is 3.95. The van der Waals surface area contributed by atoms with Gasteiger partial charge in [0.1, 0.15) is 12.4 Å². The molecular weight excluding hydrogens is 379 g/mol. The van der Waals surface area contributed by atoms with E-state index < -0.39 is 28.3 Å². The van der Waals surface area contributed by atoms with E-state index in [1.54, 1.807) is 36.4 Å². The number of fused-ring (bicyclic) bond motifs is 3. The molecule has 4 rings (SSSR count). The number of hydrogen-bond acceptors (Lipinski definition) is 3. The van der Waals surface area contributed by atoms with Crippen LogP contribution >= 0.6 is 0 Å². The van der Waals surface area contributed by atoms with E-state index in [1.807, 2.05) is 13.0 Å². The molecule has 1 amide bonds. The van der Waals surface area contributed by atoms with Gasteiger partial charge >= 0.3 is 0 Å². The maximum Gasteiger partial charge on any atom is 0.265 e. The molecule has 0 spiro atoms. The second kappa shape index (κ2) is 6.76. The summed E-state index contributed by atoms with van der Waals surface area (Å²) in [6.07, 6.45) is 0. The topological polar surface area (TPSA) is 66.5 Å². The maximum absolute atomic E-state index is 13.8. The molecule has 0 bridgehead atoms. The second-order valence-corrected chi connectivity index (χ2v) is 8.42. The molecule has 1 N–H and O–H groups in total. The lowest BCUT2D eigenvalue weighted by atomic mass is 10.0. The minimum Gasteiger partial charge on any atom is -0.325 e. The van der Waals surface area contributed by atoms with Gasteiger partial charge in [0.15, 0.2) is 0 Å². The lowest BCUT2D eigenvalue weighted by Gasteiger charge is -2.31. The smallest absolute Gasteiger partial charge is 0.265 e. The average Bonchev–Trinajstić information content (AvgIpc) is 2.65. The summed E-state index contributed by atoms with van der Waals surface area (Å²) in [4.78, 5) is 12.6. The first-order chi connectivity index (χ1) is 13.4. The van der Waals surface area contributed by atoms with Crippen LogP contribution in [0.4, 0.5) is 15.8 Å². The zero-order valence-corrected chi connectivity index (χ0v) is 15.8. The molecule has 0 saturated carbocycles. The van der Waals surface area contributed by atoms with E-state index >= 15 is 0 Å². The average molecular weight is 396 g/mol. The van der Waals surface area contributed by atoms with E-state index in [4.69, 9.17) is 0 Å². The normalized spacial score (nSPS) is 14.1. The molecule has 1 aliphatic heterocycles. The third-order valence-corrected chi connectivity index (χ3v) is 6.38. The Kier molecular flexibility index (Phi) is 4.39. The van der Waals surface area contributed by atoms with Crippen molar-refractivity contribution in [2.75, 3.05) is 16.2 Å². The van der Waals surface area contributed by atoms with E-state index in [1.165, 1.54) is 24.3 Å². The van der Waals surface area contributed by atoms with Gasteiger partial charge in [-0.2, -0.15) is 0 Å². The maximum atomic E-state index is 13.8. The van der Waals surface area contributed by atoms with Crippen molar-refractivity contribution in [3.05, 3.63) is 78.1 Å². The number of nitrogens with one attached hydrogen (secondary N) is 1. The number of rotatable bonds is 3. The van der Waals surface area contributed by atoms with E-state index in [9.17, 15) is 17.6 Å². The van der Waals surface area contributed by atoms with Crippen molar-refractivity contribution in [2.24, 2.45) is 0 Å². The number of benzene rings is 3. The summed E-state index contributed by atoms with van der Waals surface area (Å²) in [6.45, 7) is 1.48. The van der Waals surface area contributed by atoms with Crippen molar-refractivity contribution in [2.45, 2.75) is 11.8 Å². The highest BCUT2D eigenvalue weighted by atomic mass is 32.2. The number of carbonyl (C=O) groups is 1. The number of hydrogen-bond donors (Lipinski definition) is 1. The summed E-state index contributed by atoms with van der Waals surface area (Å²) >= 11 is 0. The number of aryl methyl sites for hydroxylation is 1. The predicted molar refractivity (Wildman–Crippen MR) is 106 cm³/mol. The fraction of sp³-hybridized carbons (Fsp3) is 0.0952. The summed E-state index contributed by atoms with van der Waals surface area (Å²) in [6, 6.07) is 17.5. The van der Waals surface area contributed by atoms with Crippen LogP contribution in [-0.2, 0) is 14.8 Å². The summed E-state index contributed by atoms with van der Waals surface area (Å²) in [5.74, 6) is -0.958. The van der Waals surface area contributed by atoms with Gasteiger partial charge in [-0.05, 0) is 48.9 Å². The van der Waals surface area contributed by atoms with Gasteiger partial charge < -0.3 is 5.32 Å². The van der Waals surface area contributed by atoms with Crippen LogP contribution in [0, 0.1) is 12.7 Å². The fourth-order valence-electron chi connectivity index (χ4n) is 3.33. The Labute approximate surface area is 162 Å². The molecule has 0 unspecified atom stereocenters. The van der Waals surface area contributed by atoms with Gasteiger partial charge in [-0.1, -0.05) is 30.3 Å². The molecule has 1 heterocycles. The van der Waals surface area contributed by atoms with Gasteiger partial charge in [-0.3, -0.25) is 9.10 Å². The summed E-state index contributed by atoms with van der Waals surface area (Å²) in [5, 5.41) is 2.71. The van der Waals surface area contributed by atoms with Crippen LogP contribution in [0.1, 0.15) is 5.56 Å². The molecule has 0 fully saturated rings. The molecule has 0 aliphatic carbocycles. The first-order valence-corrected chi connectivity index (χ1v) is 10.1. The molecule has 0 aromatic heterocycles. The monoisotopic (exact) mass is 396 g/mol.